The Hall–Kier alpha value is -1.67. The molecule has 116 valence electrons. The Morgan fingerprint density at radius 1 is 1.29 bits per heavy atom. The molecule has 3 amide bonds. The molecule has 0 heterocycles. The molecule has 0 aromatic heterocycles. The van der Waals surface area contributed by atoms with Crippen LogP contribution in [0, 0.1) is 0 Å². The molecular formula is C13H17F2N3O2S. The summed E-state index contributed by atoms with van der Waals surface area (Å²) < 4.78 is 24.4. The van der Waals surface area contributed by atoms with Gasteiger partial charge in [-0.1, -0.05) is 23.9 Å². The molecule has 21 heavy (non-hydrogen) atoms. The highest BCUT2D eigenvalue weighted by molar-refractivity contribution is 7.99. The fourth-order valence-corrected chi connectivity index (χ4v) is 2.12. The molecule has 0 saturated heterocycles. The number of hydrogen-bond donors (Lipinski definition) is 2. The lowest BCUT2D eigenvalue weighted by Gasteiger charge is -2.16. The van der Waals surface area contributed by atoms with Crippen molar-refractivity contribution in [1.29, 1.82) is 0 Å². The van der Waals surface area contributed by atoms with Crippen molar-refractivity contribution in [3.8, 4) is 0 Å². The summed E-state index contributed by atoms with van der Waals surface area (Å²) in [4.78, 5) is 24.7. The van der Waals surface area contributed by atoms with Crippen LogP contribution in [0.15, 0.2) is 29.2 Å². The summed E-state index contributed by atoms with van der Waals surface area (Å²) in [6.45, 7) is 0.530. The highest BCUT2D eigenvalue weighted by Crippen LogP contribution is 2.25. The van der Waals surface area contributed by atoms with E-state index >= 15 is 0 Å². The van der Waals surface area contributed by atoms with E-state index in [4.69, 9.17) is 0 Å². The molecular weight excluding hydrogens is 300 g/mol. The first-order valence-electron chi connectivity index (χ1n) is 6.14. The molecule has 0 unspecified atom stereocenters. The predicted molar refractivity (Wildman–Crippen MR) is 77.2 cm³/mol. The number of nitrogens with one attached hydrogen (secondary N) is 2. The van der Waals surface area contributed by atoms with Crippen LogP contribution in [0.1, 0.15) is 5.56 Å². The molecule has 0 fully saturated rings. The quantitative estimate of drug-likeness (QED) is 0.787. The number of hydrogen-bond acceptors (Lipinski definition) is 4. The Labute approximate surface area is 126 Å². The van der Waals surface area contributed by atoms with Gasteiger partial charge in [0.15, 0.2) is 0 Å². The fraction of sp³-hybridized carbons (Fsp3) is 0.385. The summed E-state index contributed by atoms with van der Waals surface area (Å²) in [7, 11) is 3.15. The standard InChI is InChI=1S/C13H17F2N3O2S/c1-16-13(20)17-11(19)8-18(2)7-9-3-5-10(6-4-9)21-12(14)15/h3-6,12H,7-8H2,1-2H3,(H2,16,17,19,20). The van der Waals surface area contributed by atoms with Crippen molar-refractivity contribution in [1.82, 2.24) is 15.5 Å². The van der Waals surface area contributed by atoms with Gasteiger partial charge in [-0.15, -0.1) is 0 Å². The average Bonchev–Trinajstić information content (AvgIpc) is 2.39. The summed E-state index contributed by atoms with van der Waals surface area (Å²) in [5, 5.41) is 4.45. The van der Waals surface area contributed by atoms with E-state index in [0.29, 0.717) is 23.2 Å². The topological polar surface area (TPSA) is 61.4 Å². The number of likely N-dealkylation sites (N-methyl/N-ethyl adjacent to an activating group) is 1. The zero-order valence-corrected chi connectivity index (χ0v) is 12.5. The number of rotatable bonds is 6. The van der Waals surface area contributed by atoms with Gasteiger partial charge in [-0.2, -0.15) is 8.78 Å². The lowest BCUT2D eigenvalue weighted by atomic mass is 10.2. The number of carbonyl (C=O) groups excluding carboxylic acids is 2. The van der Waals surface area contributed by atoms with Gasteiger partial charge in [0.1, 0.15) is 0 Å². The molecule has 0 aliphatic carbocycles. The van der Waals surface area contributed by atoms with Crippen molar-refractivity contribution in [2.24, 2.45) is 0 Å². The van der Waals surface area contributed by atoms with Crippen LogP contribution in [0.2, 0.25) is 0 Å². The number of nitrogens with zero attached hydrogens (tertiary/aromatic N) is 1. The van der Waals surface area contributed by atoms with E-state index in [9.17, 15) is 18.4 Å². The first kappa shape index (κ1) is 17.4. The van der Waals surface area contributed by atoms with Crippen molar-refractivity contribution in [3.05, 3.63) is 29.8 Å². The van der Waals surface area contributed by atoms with Gasteiger partial charge in [0.25, 0.3) is 5.76 Å². The first-order chi connectivity index (χ1) is 9.90. The van der Waals surface area contributed by atoms with E-state index in [1.165, 1.54) is 7.05 Å². The smallest absolute Gasteiger partial charge is 0.321 e. The van der Waals surface area contributed by atoms with E-state index in [1.54, 1.807) is 36.2 Å². The zero-order valence-electron chi connectivity index (χ0n) is 11.7. The minimum absolute atomic E-state index is 0.0565. The molecule has 5 nitrogen and oxygen atoms in total. The Morgan fingerprint density at radius 2 is 1.90 bits per heavy atom. The maximum Gasteiger partial charge on any atom is 0.321 e. The summed E-state index contributed by atoms with van der Waals surface area (Å²) in [5.74, 6) is -2.85. The van der Waals surface area contributed by atoms with Gasteiger partial charge in [0.05, 0.1) is 6.54 Å². The van der Waals surface area contributed by atoms with E-state index < -0.39 is 17.7 Å². The molecule has 0 aliphatic heterocycles. The van der Waals surface area contributed by atoms with Crippen molar-refractivity contribution in [3.63, 3.8) is 0 Å². The Morgan fingerprint density at radius 3 is 2.43 bits per heavy atom. The van der Waals surface area contributed by atoms with Gasteiger partial charge in [-0.25, -0.2) is 4.79 Å². The van der Waals surface area contributed by atoms with Crippen LogP contribution in [0.5, 0.6) is 0 Å². The average molecular weight is 317 g/mol. The second-order valence-corrected chi connectivity index (χ2v) is 5.39. The van der Waals surface area contributed by atoms with Crippen LogP contribution < -0.4 is 10.6 Å². The highest BCUT2D eigenvalue weighted by atomic mass is 32.2. The lowest BCUT2D eigenvalue weighted by molar-refractivity contribution is -0.120. The van der Waals surface area contributed by atoms with E-state index in [1.807, 2.05) is 0 Å². The number of thioether (sulfide) groups is 1. The first-order valence-corrected chi connectivity index (χ1v) is 7.02. The monoisotopic (exact) mass is 317 g/mol. The molecule has 8 heteroatoms. The normalized spacial score (nSPS) is 10.8. The van der Waals surface area contributed by atoms with Crippen LogP contribution in [0.3, 0.4) is 0 Å². The van der Waals surface area contributed by atoms with Crippen LogP contribution in [-0.2, 0) is 11.3 Å². The van der Waals surface area contributed by atoms with Gasteiger partial charge in [0.2, 0.25) is 5.91 Å². The highest BCUT2D eigenvalue weighted by Gasteiger charge is 2.10. The largest absolute Gasteiger partial charge is 0.341 e. The van der Waals surface area contributed by atoms with Crippen LogP contribution in [0.25, 0.3) is 0 Å². The molecule has 0 atom stereocenters. The van der Waals surface area contributed by atoms with Gasteiger partial charge in [-0.3, -0.25) is 15.0 Å². The summed E-state index contributed by atoms with van der Waals surface area (Å²) in [6.07, 6.45) is 0. The zero-order chi connectivity index (χ0) is 15.8. The second-order valence-electron chi connectivity index (χ2n) is 4.32. The second kappa shape index (κ2) is 8.58. The fourth-order valence-electron chi connectivity index (χ4n) is 1.62. The minimum Gasteiger partial charge on any atom is -0.341 e. The van der Waals surface area contributed by atoms with Gasteiger partial charge >= 0.3 is 6.03 Å². The van der Waals surface area contributed by atoms with Gasteiger partial charge in [-0.05, 0) is 24.7 Å². The van der Waals surface area contributed by atoms with E-state index in [-0.39, 0.29) is 6.54 Å². The Balaban J connectivity index is 2.45. The summed E-state index contributed by atoms with van der Waals surface area (Å²) in [5.41, 5.74) is 0.892. The van der Waals surface area contributed by atoms with Crippen molar-refractivity contribution in [2.75, 3.05) is 20.6 Å². The van der Waals surface area contributed by atoms with Crippen LogP contribution in [0.4, 0.5) is 13.6 Å². The number of amides is 3. The Kier molecular flexibility index (Phi) is 7.10. The number of halogens is 2. The van der Waals surface area contributed by atoms with E-state index in [0.717, 1.165) is 5.56 Å². The number of urea groups is 1. The number of alkyl halides is 2. The molecule has 0 bridgehead atoms. The van der Waals surface area contributed by atoms with Crippen molar-refractivity contribution in [2.45, 2.75) is 17.2 Å². The summed E-state index contributed by atoms with van der Waals surface area (Å²) >= 11 is 0.490. The Bertz CT molecular complexity index is 483. The predicted octanol–water partition coefficient (Wildman–Crippen LogP) is 1.89. The molecule has 0 spiro atoms. The lowest BCUT2D eigenvalue weighted by Crippen LogP contribution is -2.42. The minimum atomic E-state index is -2.44. The van der Waals surface area contributed by atoms with Crippen molar-refractivity contribution < 1.29 is 18.4 Å². The van der Waals surface area contributed by atoms with Gasteiger partial charge < -0.3 is 5.32 Å². The third-order valence-electron chi connectivity index (χ3n) is 2.49. The molecule has 1 aromatic carbocycles. The maximum absolute atomic E-state index is 12.2. The molecule has 1 rings (SSSR count). The number of benzene rings is 1. The van der Waals surface area contributed by atoms with Crippen molar-refractivity contribution >= 4 is 23.7 Å². The maximum atomic E-state index is 12.2. The molecule has 0 saturated carbocycles. The number of carbonyl (C=O) groups is 2. The van der Waals surface area contributed by atoms with Crippen LogP contribution in [-0.4, -0.2) is 43.2 Å². The van der Waals surface area contributed by atoms with Crippen LogP contribution >= 0.6 is 11.8 Å². The summed E-state index contributed by atoms with van der Waals surface area (Å²) in [6, 6.07) is 6.15. The third kappa shape index (κ3) is 7.05. The molecule has 1 aromatic rings. The third-order valence-corrected chi connectivity index (χ3v) is 3.22. The SMILES string of the molecule is CNC(=O)NC(=O)CN(C)Cc1ccc(SC(F)F)cc1. The molecule has 2 N–H and O–H groups in total. The van der Waals surface area contributed by atoms with Gasteiger partial charge in [0, 0.05) is 18.5 Å². The molecule has 0 aliphatic rings. The molecule has 0 radical (unpaired) electrons. The van der Waals surface area contributed by atoms with E-state index in [2.05, 4.69) is 10.6 Å². The number of imide groups is 1.